The summed E-state index contributed by atoms with van der Waals surface area (Å²) >= 11 is 0. The number of hydrogen-bond acceptors (Lipinski definition) is 4. The number of rotatable bonds is 11. The van der Waals surface area contributed by atoms with Gasteiger partial charge in [-0.25, -0.2) is 8.42 Å². The summed E-state index contributed by atoms with van der Waals surface area (Å²) in [5.41, 5.74) is 0.486. The van der Waals surface area contributed by atoms with Gasteiger partial charge in [-0.15, -0.1) is 0 Å². The van der Waals surface area contributed by atoms with Crippen molar-refractivity contribution in [2.24, 2.45) is 0 Å². The number of para-hydroxylation sites is 1. The Bertz CT molecular complexity index is 776. The molecule has 0 aliphatic rings. The minimum atomic E-state index is -4.53. The summed E-state index contributed by atoms with van der Waals surface area (Å²) in [4.78, 5) is -0.170. The Balaban J connectivity index is 0.00000364. The van der Waals surface area contributed by atoms with Gasteiger partial charge in [0.2, 0.25) is 0 Å². The monoisotopic (exact) mass is 414 g/mol. The van der Waals surface area contributed by atoms with Crippen LogP contribution in [0.3, 0.4) is 0 Å². The molecule has 0 saturated carbocycles. The number of ether oxygens (including phenoxy) is 1. The van der Waals surface area contributed by atoms with Gasteiger partial charge in [0.25, 0.3) is 0 Å². The van der Waals surface area contributed by atoms with Crippen LogP contribution in [0.1, 0.15) is 57.4 Å². The van der Waals surface area contributed by atoms with Gasteiger partial charge in [-0.3, -0.25) is 0 Å². The van der Waals surface area contributed by atoms with Crippen LogP contribution in [0.15, 0.2) is 53.4 Å². The van der Waals surface area contributed by atoms with Crippen molar-refractivity contribution in [1.82, 2.24) is 0 Å². The molecule has 0 spiro atoms. The fourth-order valence-electron chi connectivity index (χ4n) is 3.00. The Hall–Kier alpha value is -0.214. The normalized spacial score (nSPS) is 11.0. The van der Waals surface area contributed by atoms with Crippen molar-refractivity contribution in [3.63, 3.8) is 0 Å². The SMILES string of the molecule is CCCCCCCCCc1c(Oc2ccccc2)cccc1S(=O)(=O)[O-].[K+]. The van der Waals surface area contributed by atoms with Crippen LogP contribution >= 0.6 is 0 Å². The van der Waals surface area contributed by atoms with Crippen molar-refractivity contribution in [3.8, 4) is 11.5 Å². The second-order valence-corrected chi connectivity index (χ2v) is 7.82. The topological polar surface area (TPSA) is 66.4 Å². The van der Waals surface area contributed by atoms with Crippen LogP contribution in [0, 0.1) is 0 Å². The van der Waals surface area contributed by atoms with Gasteiger partial charge in [0.1, 0.15) is 21.6 Å². The zero-order chi connectivity index (χ0) is 18.8. The zero-order valence-electron chi connectivity index (χ0n) is 16.3. The van der Waals surface area contributed by atoms with Crippen LogP contribution < -0.4 is 56.1 Å². The van der Waals surface area contributed by atoms with E-state index in [-0.39, 0.29) is 56.3 Å². The third-order valence-corrected chi connectivity index (χ3v) is 5.28. The first kappa shape index (κ1) is 24.8. The van der Waals surface area contributed by atoms with Gasteiger partial charge in [0.15, 0.2) is 0 Å². The minimum Gasteiger partial charge on any atom is -0.744 e. The first-order valence-corrected chi connectivity index (χ1v) is 10.7. The van der Waals surface area contributed by atoms with E-state index >= 15 is 0 Å². The summed E-state index contributed by atoms with van der Waals surface area (Å²) in [6, 6.07) is 13.8. The van der Waals surface area contributed by atoms with Gasteiger partial charge in [0, 0.05) is 5.56 Å². The molecule has 0 saturated heterocycles. The fraction of sp³-hybridized carbons (Fsp3) is 0.429. The maximum Gasteiger partial charge on any atom is 1.00 e. The van der Waals surface area contributed by atoms with Gasteiger partial charge in [-0.2, -0.15) is 0 Å². The molecule has 0 amide bonds. The van der Waals surface area contributed by atoms with Crippen LogP contribution in [-0.2, 0) is 16.5 Å². The van der Waals surface area contributed by atoms with Crippen molar-refractivity contribution >= 4 is 10.1 Å². The molecule has 0 fully saturated rings. The third-order valence-electron chi connectivity index (χ3n) is 4.36. The molecule has 4 nitrogen and oxygen atoms in total. The Kier molecular flexibility index (Phi) is 12.0. The average molecular weight is 415 g/mol. The summed E-state index contributed by atoms with van der Waals surface area (Å²) in [7, 11) is -4.53. The average Bonchev–Trinajstić information content (AvgIpc) is 2.62. The molecule has 0 aliphatic carbocycles. The van der Waals surface area contributed by atoms with E-state index in [0.29, 0.717) is 23.5 Å². The number of unbranched alkanes of at least 4 members (excludes halogenated alkanes) is 6. The molecule has 0 bridgehead atoms. The molecular weight excluding hydrogens is 387 g/mol. The predicted molar refractivity (Wildman–Crippen MR) is 103 cm³/mol. The van der Waals surface area contributed by atoms with E-state index in [1.54, 1.807) is 24.3 Å². The van der Waals surface area contributed by atoms with E-state index in [1.807, 2.05) is 18.2 Å². The molecule has 142 valence electrons. The minimum absolute atomic E-state index is 0. The number of hydrogen-bond donors (Lipinski definition) is 0. The van der Waals surface area contributed by atoms with Crippen LogP contribution in [-0.4, -0.2) is 13.0 Å². The van der Waals surface area contributed by atoms with Crippen molar-refractivity contribution in [2.75, 3.05) is 0 Å². The molecule has 0 radical (unpaired) electrons. The second kappa shape index (κ2) is 13.1. The van der Waals surface area contributed by atoms with Crippen molar-refractivity contribution in [2.45, 2.75) is 63.2 Å². The Morgan fingerprint density at radius 1 is 0.852 bits per heavy atom. The summed E-state index contributed by atoms with van der Waals surface area (Å²) in [5, 5.41) is 0. The zero-order valence-corrected chi connectivity index (χ0v) is 20.3. The maximum absolute atomic E-state index is 11.7. The van der Waals surface area contributed by atoms with E-state index in [0.717, 1.165) is 19.3 Å². The Morgan fingerprint density at radius 2 is 1.48 bits per heavy atom. The predicted octanol–water partition coefficient (Wildman–Crippen LogP) is 2.68. The Morgan fingerprint density at radius 3 is 2.11 bits per heavy atom. The number of benzene rings is 2. The van der Waals surface area contributed by atoms with Crippen molar-refractivity contribution < 1.29 is 69.1 Å². The molecule has 0 aliphatic heterocycles. The van der Waals surface area contributed by atoms with E-state index in [9.17, 15) is 13.0 Å². The fourth-order valence-corrected chi connectivity index (χ4v) is 3.75. The molecule has 27 heavy (non-hydrogen) atoms. The van der Waals surface area contributed by atoms with Crippen LogP contribution in [0.2, 0.25) is 0 Å². The first-order valence-electron chi connectivity index (χ1n) is 9.33. The molecule has 0 N–H and O–H groups in total. The largest absolute Gasteiger partial charge is 1.00 e. The maximum atomic E-state index is 11.7. The van der Waals surface area contributed by atoms with Gasteiger partial charge in [-0.05, 0) is 37.1 Å². The van der Waals surface area contributed by atoms with Crippen LogP contribution in [0.4, 0.5) is 0 Å². The molecular formula is C21H27KO4S. The molecule has 0 heterocycles. The molecule has 2 aromatic carbocycles. The van der Waals surface area contributed by atoms with E-state index in [2.05, 4.69) is 6.92 Å². The quantitative estimate of drug-likeness (QED) is 0.322. The van der Waals surface area contributed by atoms with Gasteiger partial charge in [-0.1, -0.05) is 69.7 Å². The van der Waals surface area contributed by atoms with Crippen LogP contribution in [0.5, 0.6) is 11.5 Å². The molecule has 2 rings (SSSR count). The van der Waals surface area contributed by atoms with E-state index in [4.69, 9.17) is 4.74 Å². The molecule has 0 atom stereocenters. The van der Waals surface area contributed by atoms with Gasteiger partial charge in [0.05, 0.1) is 4.90 Å². The van der Waals surface area contributed by atoms with Crippen molar-refractivity contribution in [3.05, 3.63) is 54.1 Å². The Labute approximate surface area is 205 Å². The smallest absolute Gasteiger partial charge is 0.744 e. The molecule has 6 heteroatoms. The first-order chi connectivity index (χ1) is 12.5. The second-order valence-electron chi connectivity index (χ2n) is 6.47. The molecule has 0 unspecified atom stereocenters. The summed E-state index contributed by atoms with van der Waals surface area (Å²) < 4.78 is 40.8. The van der Waals surface area contributed by atoms with E-state index in [1.165, 1.54) is 31.7 Å². The van der Waals surface area contributed by atoms with Crippen molar-refractivity contribution in [1.29, 1.82) is 0 Å². The van der Waals surface area contributed by atoms with Gasteiger partial charge < -0.3 is 9.29 Å². The standard InChI is InChI=1S/C21H28O4S.K/c1-2-3-4-5-6-7-11-15-19-20(25-18-13-9-8-10-14-18)16-12-17-21(19)26(22,23)24;/h8-10,12-14,16-17H,2-7,11,15H2,1H3,(H,22,23,24);/q;+1/p-1. The summed E-state index contributed by atoms with van der Waals surface area (Å²) in [5.74, 6) is 1.06. The van der Waals surface area contributed by atoms with Gasteiger partial charge >= 0.3 is 51.4 Å². The van der Waals surface area contributed by atoms with E-state index < -0.39 is 10.1 Å². The molecule has 2 aromatic rings. The summed E-state index contributed by atoms with van der Waals surface area (Å²) in [6.07, 6.45) is 8.41. The molecule has 0 aromatic heterocycles. The van der Waals surface area contributed by atoms with Crippen LogP contribution in [0.25, 0.3) is 0 Å². The summed E-state index contributed by atoms with van der Waals surface area (Å²) in [6.45, 7) is 2.19. The third kappa shape index (κ3) is 8.77.